The van der Waals surface area contributed by atoms with Crippen molar-refractivity contribution in [3.8, 4) is 34.0 Å². The van der Waals surface area contributed by atoms with Crippen LogP contribution in [0.5, 0.6) is 11.5 Å². The Morgan fingerprint density at radius 1 is 0.706 bits per heavy atom. The van der Waals surface area contributed by atoms with Gasteiger partial charge in [-0.3, -0.25) is 9.59 Å². The Morgan fingerprint density at radius 2 is 1.16 bits per heavy atom. The number of primary amides is 2. The molecular formula is C34H23BrCl4F2N4O4S2. The van der Waals surface area contributed by atoms with Crippen LogP contribution in [0.15, 0.2) is 83.6 Å². The maximum absolute atomic E-state index is 14.3. The van der Waals surface area contributed by atoms with Gasteiger partial charge in [0, 0.05) is 31.9 Å². The number of hydrogen-bond acceptors (Lipinski definition) is 8. The molecule has 0 atom stereocenters. The Kier molecular flexibility index (Phi) is 14.6. The Bertz CT molecular complexity index is 2150. The summed E-state index contributed by atoms with van der Waals surface area (Å²) in [7, 11) is 0. The molecule has 2 heterocycles. The highest BCUT2D eigenvalue weighted by atomic mass is 79.9. The van der Waals surface area contributed by atoms with Gasteiger partial charge in [-0.15, -0.1) is 22.7 Å². The molecule has 0 unspecified atom stereocenters. The van der Waals surface area contributed by atoms with Crippen LogP contribution in [0, 0.1) is 11.6 Å². The molecule has 264 valence electrons. The van der Waals surface area contributed by atoms with E-state index in [2.05, 4.69) is 31.3 Å². The third-order valence-corrected chi connectivity index (χ3v) is 10.2. The highest BCUT2D eigenvalue weighted by molar-refractivity contribution is 9.08. The van der Waals surface area contributed by atoms with Crippen molar-refractivity contribution in [3.05, 3.63) is 136 Å². The number of aromatic hydroxyl groups is 1. The highest BCUT2D eigenvalue weighted by Crippen LogP contribution is 2.30. The van der Waals surface area contributed by atoms with E-state index in [4.69, 9.17) is 67.7 Å². The normalized spacial score (nSPS) is 10.4. The van der Waals surface area contributed by atoms with Crippen LogP contribution in [0.1, 0.15) is 30.7 Å². The van der Waals surface area contributed by atoms with Gasteiger partial charge in [0.2, 0.25) is 0 Å². The van der Waals surface area contributed by atoms with E-state index in [0.29, 0.717) is 10.0 Å². The molecule has 0 saturated heterocycles. The summed E-state index contributed by atoms with van der Waals surface area (Å²) in [4.78, 5) is 30.8. The second kappa shape index (κ2) is 18.6. The van der Waals surface area contributed by atoms with Crippen molar-refractivity contribution in [1.29, 1.82) is 0 Å². The van der Waals surface area contributed by atoms with Crippen molar-refractivity contribution < 1.29 is 28.2 Å². The van der Waals surface area contributed by atoms with Crippen molar-refractivity contribution in [3.63, 3.8) is 0 Å². The highest BCUT2D eigenvalue weighted by Gasteiger charge is 2.19. The number of carbonyl (C=O) groups is 2. The van der Waals surface area contributed by atoms with E-state index < -0.39 is 34.8 Å². The molecule has 0 bridgehead atoms. The van der Waals surface area contributed by atoms with Crippen molar-refractivity contribution >= 4 is 96.8 Å². The Balaban J connectivity index is 0.000000189. The number of rotatable bonds is 8. The van der Waals surface area contributed by atoms with Crippen LogP contribution in [-0.4, -0.2) is 26.9 Å². The number of phenolic OH excluding ortho intramolecular Hbond substituents is 1. The van der Waals surface area contributed by atoms with E-state index >= 15 is 0 Å². The molecule has 0 saturated carbocycles. The van der Waals surface area contributed by atoms with Crippen molar-refractivity contribution in [2.24, 2.45) is 11.5 Å². The predicted molar refractivity (Wildman–Crippen MR) is 204 cm³/mol. The number of nitrogens with two attached hydrogens (primary N) is 2. The van der Waals surface area contributed by atoms with Gasteiger partial charge in [-0.1, -0.05) is 86.6 Å². The molecule has 0 fully saturated rings. The fourth-order valence-electron chi connectivity index (χ4n) is 4.03. The van der Waals surface area contributed by atoms with Crippen LogP contribution in [0.3, 0.4) is 0 Å². The minimum Gasteiger partial charge on any atom is -0.505 e. The lowest BCUT2D eigenvalue weighted by Gasteiger charge is -2.09. The van der Waals surface area contributed by atoms with Gasteiger partial charge in [0.1, 0.15) is 16.6 Å². The summed E-state index contributed by atoms with van der Waals surface area (Å²) < 4.78 is 32.6. The average Bonchev–Trinajstić information content (AvgIpc) is 3.78. The average molecular weight is 875 g/mol. The first-order valence-corrected chi connectivity index (χ1v) is 18.5. The number of nitrogens with zero attached hydrogens (tertiary/aromatic N) is 2. The Hall–Kier alpha value is -3.82. The number of carbonyl (C=O) groups excluding carboxylic acids is 2. The number of ether oxygens (including phenoxy) is 1. The number of hydrogen-bond donors (Lipinski definition) is 3. The third kappa shape index (κ3) is 10.8. The minimum absolute atomic E-state index is 0.0506. The lowest BCUT2D eigenvalue weighted by atomic mass is 10.2. The summed E-state index contributed by atoms with van der Waals surface area (Å²) >= 11 is 29.3. The summed E-state index contributed by atoms with van der Waals surface area (Å²) in [5.74, 6) is -4.68. The molecule has 0 aliphatic carbocycles. The fraction of sp³-hybridized carbons (Fsp3) is 0.0588. The van der Waals surface area contributed by atoms with Crippen LogP contribution >= 0.6 is 85.0 Å². The van der Waals surface area contributed by atoms with E-state index in [-0.39, 0.29) is 28.0 Å². The van der Waals surface area contributed by atoms with Gasteiger partial charge in [0.25, 0.3) is 11.8 Å². The predicted octanol–water partition coefficient (Wildman–Crippen LogP) is 10.6. The van der Waals surface area contributed by atoms with Gasteiger partial charge in [0.05, 0.1) is 37.9 Å². The second-order valence-electron chi connectivity index (χ2n) is 9.91. The van der Waals surface area contributed by atoms with E-state index in [1.54, 1.807) is 23.5 Å². The number of thiazole rings is 2. The number of aromatic nitrogens is 2. The lowest BCUT2D eigenvalue weighted by Crippen LogP contribution is -2.14. The summed E-state index contributed by atoms with van der Waals surface area (Å²) in [6.07, 6.45) is 0. The first-order chi connectivity index (χ1) is 24.3. The van der Waals surface area contributed by atoms with Gasteiger partial charge in [-0.25, -0.2) is 18.7 Å². The zero-order valence-corrected chi connectivity index (χ0v) is 31.9. The van der Waals surface area contributed by atoms with Crippen molar-refractivity contribution in [2.45, 2.75) is 11.9 Å². The van der Waals surface area contributed by atoms with E-state index in [0.717, 1.165) is 43.9 Å². The smallest absolute Gasteiger partial charge is 0.253 e. The summed E-state index contributed by atoms with van der Waals surface area (Å²) in [6.45, 7) is 0.0506. The van der Waals surface area contributed by atoms with Crippen molar-refractivity contribution in [1.82, 2.24) is 9.97 Å². The second-order valence-corrected chi connectivity index (χ2v) is 14.0. The number of benzene rings is 4. The Morgan fingerprint density at radius 3 is 1.61 bits per heavy atom. The molecule has 2 aromatic heterocycles. The lowest BCUT2D eigenvalue weighted by molar-refractivity contribution is 0.0987. The number of halogens is 7. The van der Waals surface area contributed by atoms with Gasteiger partial charge < -0.3 is 21.3 Å². The van der Waals surface area contributed by atoms with Crippen LogP contribution in [0.4, 0.5) is 8.78 Å². The standard InChI is InChI=1S/C17H11Cl2FN2O2S.C10H7BrClNS.C7H5ClFNO2/c18-10-3-1-9(2-4-10)12-8-25-14(22-12)7-24-13-6-5-11(19)15(16(13)20)17(21)23;11-5-10-13-9(6-14-10)7-1-3-8(12)4-2-7;8-3-1-2-4(11)6(9)5(3)7(10)12/h1-6,8H,7H2,(H2,21,23);1-4,6H,5H2;1-2,11H,(H2,10,12). The summed E-state index contributed by atoms with van der Waals surface area (Å²) in [5.41, 5.74) is 12.9. The third-order valence-electron chi connectivity index (χ3n) is 6.47. The van der Waals surface area contributed by atoms with Gasteiger partial charge in [-0.05, 0) is 48.5 Å². The first kappa shape index (κ1) is 40.0. The molecule has 0 radical (unpaired) electrons. The molecular weight excluding hydrogens is 852 g/mol. The number of alkyl halides is 1. The molecule has 0 aliphatic heterocycles. The zero-order valence-electron chi connectivity index (χ0n) is 25.7. The number of amides is 2. The van der Waals surface area contributed by atoms with E-state index in [1.165, 1.54) is 29.5 Å². The molecule has 0 aliphatic rings. The maximum atomic E-state index is 14.3. The van der Waals surface area contributed by atoms with Crippen LogP contribution < -0.4 is 16.2 Å². The molecule has 5 N–H and O–H groups in total. The maximum Gasteiger partial charge on any atom is 0.253 e. The fourth-order valence-corrected chi connectivity index (χ4v) is 6.65. The van der Waals surface area contributed by atoms with E-state index in [9.17, 15) is 18.4 Å². The summed E-state index contributed by atoms with van der Waals surface area (Å²) in [6, 6.07) is 19.9. The van der Waals surface area contributed by atoms with E-state index in [1.807, 2.05) is 41.8 Å². The molecule has 6 aromatic rings. The van der Waals surface area contributed by atoms with Crippen LogP contribution in [0.25, 0.3) is 22.5 Å². The molecule has 51 heavy (non-hydrogen) atoms. The zero-order chi connectivity index (χ0) is 37.2. The largest absolute Gasteiger partial charge is 0.505 e. The molecule has 0 spiro atoms. The topological polar surface area (TPSA) is 141 Å². The molecule has 4 aromatic carbocycles. The Labute approximate surface area is 326 Å². The molecule has 17 heteroatoms. The molecule has 6 rings (SSSR count). The molecule has 2 amide bonds. The van der Waals surface area contributed by atoms with Gasteiger partial charge in [0.15, 0.2) is 23.1 Å². The number of phenols is 1. The summed E-state index contributed by atoms with van der Waals surface area (Å²) in [5, 5.41) is 16.5. The molecule has 8 nitrogen and oxygen atoms in total. The van der Waals surface area contributed by atoms with Gasteiger partial charge in [-0.2, -0.15) is 0 Å². The monoisotopic (exact) mass is 872 g/mol. The SMILES string of the molecule is Clc1ccc(-c2csc(CBr)n2)cc1.NC(=O)c1c(Cl)ccc(O)c1F.NC(=O)c1c(Cl)ccc(OCc2nc(-c3ccc(Cl)cc3)cs2)c1F. The minimum atomic E-state index is -1.09. The van der Waals surface area contributed by atoms with Crippen LogP contribution in [0.2, 0.25) is 20.1 Å². The van der Waals surface area contributed by atoms with Crippen molar-refractivity contribution in [2.75, 3.05) is 0 Å². The van der Waals surface area contributed by atoms with Crippen LogP contribution in [-0.2, 0) is 11.9 Å². The quantitative estimate of drug-likeness (QED) is 0.130. The van der Waals surface area contributed by atoms with Gasteiger partial charge >= 0.3 is 0 Å². The first-order valence-electron chi connectivity index (χ1n) is 14.1.